The largest absolute Gasteiger partial charge is 0.497 e. The van der Waals surface area contributed by atoms with Crippen molar-refractivity contribution in [2.24, 2.45) is 4.99 Å². The van der Waals surface area contributed by atoms with Gasteiger partial charge in [0.25, 0.3) is 0 Å². The Kier molecular flexibility index (Phi) is 6.09. The van der Waals surface area contributed by atoms with Crippen LogP contribution in [0.3, 0.4) is 0 Å². The molecule has 2 aliphatic heterocycles. The monoisotopic (exact) mass is 476 g/mol. The van der Waals surface area contributed by atoms with Crippen LogP contribution in [0.15, 0.2) is 41.4 Å². The van der Waals surface area contributed by atoms with Crippen molar-refractivity contribution in [3.8, 4) is 17.2 Å². The number of carbonyl (C=O) groups is 1. The predicted molar refractivity (Wildman–Crippen MR) is 122 cm³/mol. The minimum absolute atomic E-state index is 0.0906. The summed E-state index contributed by atoms with van der Waals surface area (Å²) in [7, 11) is 1.53. The Morgan fingerprint density at radius 1 is 1.03 bits per heavy atom. The second kappa shape index (κ2) is 8.73. The first kappa shape index (κ1) is 23.7. The standard InChI is InChI=1S/C24H27F3N4O3/c1-23(2,3)29-22(32)31-11-9-30(10-12-31)21-17-7-6-16(33-4)14-20(17)34-19-8-5-15(24(25,26)27)13-18(19)28-21/h5-8,13-14H,9-12H2,1-4H3,(H,29,32). The summed E-state index contributed by atoms with van der Waals surface area (Å²) < 4.78 is 51.3. The molecule has 10 heteroatoms. The van der Waals surface area contributed by atoms with Gasteiger partial charge in [0.05, 0.1) is 18.2 Å². The summed E-state index contributed by atoms with van der Waals surface area (Å²) in [6.07, 6.45) is -4.50. The highest BCUT2D eigenvalue weighted by atomic mass is 19.4. The number of amides is 2. The lowest BCUT2D eigenvalue weighted by Gasteiger charge is -2.37. The summed E-state index contributed by atoms with van der Waals surface area (Å²) in [5.41, 5.74) is -0.425. The van der Waals surface area contributed by atoms with E-state index in [4.69, 9.17) is 9.47 Å². The zero-order chi connectivity index (χ0) is 24.7. The van der Waals surface area contributed by atoms with Crippen molar-refractivity contribution in [2.45, 2.75) is 32.5 Å². The Balaban J connectivity index is 1.68. The highest BCUT2D eigenvalue weighted by Gasteiger charge is 2.33. The van der Waals surface area contributed by atoms with Crippen molar-refractivity contribution in [2.75, 3.05) is 33.3 Å². The minimum atomic E-state index is -4.50. The third-order valence-electron chi connectivity index (χ3n) is 5.51. The molecule has 0 unspecified atom stereocenters. The number of urea groups is 1. The number of halogens is 3. The number of methoxy groups -OCH3 is 1. The first-order valence-corrected chi connectivity index (χ1v) is 10.9. The van der Waals surface area contributed by atoms with Crippen LogP contribution in [-0.2, 0) is 6.18 Å². The number of nitrogens with zero attached hydrogens (tertiary/aromatic N) is 3. The number of fused-ring (bicyclic) bond motifs is 2. The van der Waals surface area contributed by atoms with Gasteiger partial charge in [-0.15, -0.1) is 0 Å². The number of carbonyl (C=O) groups excluding carboxylic acids is 1. The van der Waals surface area contributed by atoms with E-state index in [1.54, 1.807) is 23.1 Å². The molecule has 2 aromatic carbocycles. The Bertz CT molecular complexity index is 1120. The fourth-order valence-corrected chi connectivity index (χ4v) is 3.82. The maximum atomic E-state index is 13.3. The molecule has 0 atom stereocenters. The third-order valence-corrected chi connectivity index (χ3v) is 5.51. The summed E-state index contributed by atoms with van der Waals surface area (Å²) in [5.74, 6) is 1.70. The molecule has 0 aliphatic carbocycles. The van der Waals surface area contributed by atoms with Crippen LogP contribution in [0.5, 0.6) is 17.2 Å². The number of piperazine rings is 1. The van der Waals surface area contributed by atoms with Crippen molar-refractivity contribution in [1.82, 2.24) is 15.1 Å². The topological polar surface area (TPSA) is 66.4 Å². The van der Waals surface area contributed by atoms with Crippen LogP contribution in [0.25, 0.3) is 0 Å². The van der Waals surface area contributed by atoms with E-state index in [0.29, 0.717) is 49.1 Å². The first-order chi connectivity index (χ1) is 15.9. The van der Waals surface area contributed by atoms with E-state index in [2.05, 4.69) is 10.3 Å². The van der Waals surface area contributed by atoms with Crippen LogP contribution in [0.1, 0.15) is 31.9 Å². The summed E-state index contributed by atoms with van der Waals surface area (Å²) >= 11 is 0. The second-order valence-corrected chi connectivity index (χ2v) is 9.23. The lowest BCUT2D eigenvalue weighted by atomic mass is 10.1. The molecule has 1 N–H and O–H groups in total. The number of hydrogen-bond donors (Lipinski definition) is 1. The van der Waals surface area contributed by atoms with Gasteiger partial charge < -0.3 is 24.6 Å². The van der Waals surface area contributed by atoms with Crippen LogP contribution in [0, 0.1) is 0 Å². The van der Waals surface area contributed by atoms with Crippen LogP contribution in [-0.4, -0.2) is 60.5 Å². The lowest BCUT2D eigenvalue weighted by molar-refractivity contribution is -0.137. The summed E-state index contributed by atoms with van der Waals surface area (Å²) in [5, 5.41) is 2.95. The van der Waals surface area contributed by atoms with Gasteiger partial charge in [-0.3, -0.25) is 0 Å². The molecule has 0 aromatic heterocycles. The van der Waals surface area contributed by atoms with Crippen LogP contribution in [0.4, 0.5) is 23.7 Å². The molecular weight excluding hydrogens is 449 g/mol. The van der Waals surface area contributed by atoms with E-state index in [1.807, 2.05) is 25.7 Å². The molecular formula is C24H27F3N4O3. The van der Waals surface area contributed by atoms with Crippen molar-refractivity contribution in [1.29, 1.82) is 0 Å². The molecule has 34 heavy (non-hydrogen) atoms. The minimum Gasteiger partial charge on any atom is -0.497 e. The van der Waals surface area contributed by atoms with E-state index in [9.17, 15) is 18.0 Å². The fraction of sp³-hybridized carbons (Fsp3) is 0.417. The quantitative estimate of drug-likeness (QED) is 0.628. The lowest BCUT2D eigenvalue weighted by Crippen LogP contribution is -2.56. The molecule has 7 nitrogen and oxygen atoms in total. The highest BCUT2D eigenvalue weighted by molar-refractivity contribution is 6.04. The van der Waals surface area contributed by atoms with Crippen molar-refractivity contribution in [3.63, 3.8) is 0 Å². The van der Waals surface area contributed by atoms with Gasteiger partial charge in [-0.1, -0.05) is 0 Å². The number of alkyl halides is 3. The Labute approximate surface area is 196 Å². The Morgan fingerprint density at radius 3 is 2.35 bits per heavy atom. The van der Waals surface area contributed by atoms with E-state index < -0.39 is 11.7 Å². The van der Waals surface area contributed by atoms with Gasteiger partial charge in [0.1, 0.15) is 23.0 Å². The molecule has 2 amide bonds. The molecule has 182 valence electrons. The average Bonchev–Trinajstić information content (AvgIpc) is 2.93. The fourth-order valence-electron chi connectivity index (χ4n) is 3.82. The van der Waals surface area contributed by atoms with E-state index in [-0.39, 0.29) is 23.0 Å². The van der Waals surface area contributed by atoms with Gasteiger partial charge in [0, 0.05) is 37.8 Å². The molecule has 2 heterocycles. The number of amidine groups is 1. The molecule has 0 bridgehead atoms. The molecule has 0 spiro atoms. The number of nitrogens with one attached hydrogen (secondary N) is 1. The zero-order valence-electron chi connectivity index (χ0n) is 19.5. The normalized spacial score (nSPS) is 16.0. The summed E-state index contributed by atoms with van der Waals surface area (Å²) in [4.78, 5) is 20.8. The number of benzene rings is 2. The second-order valence-electron chi connectivity index (χ2n) is 9.23. The number of ether oxygens (including phenoxy) is 2. The van der Waals surface area contributed by atoms with Gasteiger partial charge >= 0.3 is 12.2 Å². The molecule has 0 saturated carbocycles. The number of rotatable bonds is 1. The van der Waals surface area contributed by atoms with Gasteiger partial charge in [0.2, 0.25) is 0 Å². The van der Waals surface area contributed by atoms with E-state index >= 15 is 0 Å². The molecule has 1 saturated heterocycles. The van der Waals surface area contributed by atoms with Crippen molar-refractivity contribution in [3.05, 3.63) is 47.5 Å². The van der Waals surface area contributed by atoms with Crippen molar-refractivity contribution >= 4 is 17.6 Å². The SMILES string of the molecule is COc1ccc2c(c1)Oc1ccc(C(F)(F)F)cc1N=C2N1CCN(C(=O)NC(C)(C)C)CC1. The van der Waals surface area contributed by atoms with Crippen molar-refractivity contribution < 1.29 is 27.4 Å². The van der Waals surface area contributed by atoms with Crippen LogP contribution >= 0.6 is 0 Å². The highest BCUT2D eigenvalue weighted by Crippen LogP contribution is 2.42. The average molecular weight is 476 g/mol. The van der Waals surface area contributed by atoms with Gasteiger partial charge in [-0.25, -0.2) is 9.79 Å². The molecule has 4 rings (SSSR count). The maximum Gasteiger partial charge on any atom is 0.416 e. The van der Waals surface area contributed by atoms with Crippen LogP contribution in [0.2, 0.25) is 0 Å². The zero-order valence-corrected chi connectivity index (χ0v) is 19.5. The van der Waals surface area contributed by atoms with Gasteiger partial charge in [-0.2, -0.15) is 13.2 Å². The smallest absolute Gasteiger partial charge is 0.416 e. The molecule has 0 radical (unpaired) electrons. The molecule has 1 fully saturated rings. The molecule has 2 aromatic rings. The first-order valence-electron chi connectivity index (χ1n) is 10.9. The molecule has 2 aliphatic rings. The van der Waals surface area contributed by atoms with Crippen LogP contribution < -0.4 is 14.8 Å². The van der Waals surface area contributed by atoms with E-state index in [0.717, 1.165) is 12.1 Å². The van der Waals surface area contributed by atoms with Gasteiger partial charge in [0.15, 0.2) is 5.75 Å². The Hall–Kier alpha value is -3.43. The van der Waals surface area contributed by atoms with Gasteiger partial charge in [-0.05, 0) is 51.1 Å². The third kappa shape index (κ3) is 5.05. The summed E-state index contributed by atoms with van der Waals surface area (Å²) in [6.45, 7) is 7.58. The maximum absolute atomic E-state index is 13.3. The number of aliphatic imine (C=N–C) groups is 1. The van der Waals surface area contributed by atoms with E-state index in [1.165, 1.54) is 13.2 Å². The predicted octanol–water partition coefficient (Wildman–Crippen LogP) is 5.02. The summed E-state index contributed by atoms with van der Waals surface area (Å²) in [6, 6.07) is 8.32. The Morgan fingerprint density at radius 2 is 1.74 bits per heavy atom. The number of hydrogen-bond acceptors (Lipinski definition) is 5.